The molecule has 1 rings (SSSR count). The molecule has 1 N–H and O–H groups in total. The molecule has 0 radical (unpaired) electrons. The van der Waals surface area contributed by atoms with E-state index in [2.05, 4.69) is 11.0 Å². The van der Waals surface area contributed by atoms with E-state index in [0.29, 0.717) is 0 Å². The lowest BCUT2D eigenvalue weighted by Gasteiger charge is -2.11. The molecule has 11 heavy (non-hydrogen) atoms. The van der Waals surface area contributed by atoms with Crippen LogP contribution in [0.3, 0.4) is 0 Å². The normalized spacial score (nSPS) is 20.1. The largest absolute Gasteiger partial charge is 0.392 e. The predicted octanol–water partition coefficient (Wildman–Crippen LogP) is 1.02. The summed E-state index contributed by atoms with van der Waals surface area (Å²) in [6.45, 7) is 3.89. The third-order valence-electron chi connectivity index (χ3n) is 2.08. The number of likely N-dealkylation sites (tertiary alicyclic amines) is 1. The van der Waals surface area contributed by atoms with E-state index < -0.39 is 0 Å². The fourth-order valence-corrected chi connectivity index (χ4v) is 1.46. The van der Waals surface area contributed by atoms with Crippen molar-refractivity contribution in [3.8, 4) is 0 Å². The Bertz CT molecular complexity index is 117. The number of aliphatic hydroxyl groups excluding tert-OH is 1. The van der Waals surface area contributed by atoms with Crippen molar-refractivity contribution in [2.75, 3.05) is 26.2 Å². The van der Waals surface area contributed by atoms with Crippen LogP contribution in [0.5, 0.6) is 0 Å². The van der Waals surface area contributed by atoms with E-state index >= 15 is 0 Å². The first-order valence-corrected chi connectivity index (χ1v) is 4.41. The van der Waals surface area contributed by atoms with E-state index in [4.69, 9.17) is 5.11 Å². The number of hydrogen-bond donors (Lipinski definition) is 1. The van der Waals surface area contributed by atoms with Crippen LogP contribution in [-0.2, 0) is 0 Å². The SMILES string of the molecule is OC/C=C/CCN1CCCC1. The molecule has 0 aromatic rings. The predicted molar refractivity (Wildman–Crippen MR) is 46.5 cm³/mol. The van der Waals surface area contributed by atoms with Gasteiger partial charge in [0.2, 0.25) is 0 Å². The number of nitrogens with zero attached hydrogens (tertiary/aromatic N) is 1. The van der Waals surface area contributed by atoms with Crippen LogP contribution in [-0.4, -0.2) is 36.2 Å². The molecule has 0 aliphatic carbocycles. The molecule has 1 aliphatic rings. The first-order chi connectivity index (χ1) is 5.43. The molecule has 1 saturated heterocycles. The molecule has 0 bridgehead atoms. The summed E-state index contributed by atoms with van der Waals surface area (Å²) in [6.07, 6.45) is 7.68. The van der Waals surface area contributed by atoms with Crippen LogP contribution in [0.2, 0.25) is 0 Å². The van der Waals surface area contributed by atoms with Gasteiger partial charge in [-0.15, -0.1) is 0 Å². The second kappa shape index (κ2) is 5.33. The molecule has 2 heteroatoms. The first kappa shape index (κ1) is 8.75. The highest BCUT2D eigenvalue weighted by Gasteiger charge is 2.08. The third kappa shape index (κ3) is 3.54. The van der Waals surface area contributed by atoms with Crippen LogP contribution in [0.1, 0.15) is 19.3 Å². The highest BCUT2D eigenvalue weighted by Crippen LogP contribution is 2.07. The van der Waals surface area contributed by atoms with Gasteiger partial charge in [-0.2, -0.15) is 0 Å². The van der Waals surface area contributed by atoms with Crippen molar-refractivity contribution in [2.45, 2.75) is 19.3 Å². The summed E-state index contributed by atoms with van der Waals surface area (Å²) >= 11 is 0. The van der Waals surface area contributed by atoms with E-state index in [-0.39, 0.29) is 6.61 Å². The summed E-state index contributed by atoms with van der Waals surface area (Å²) in [4.78, 5) is 2.47. The second-order valence-electron chi connectivity index (χ2n) is 2.99. The zero-order valence-electron chi connectivity index (χ0n) is 7.00. The van der Waals surface area contributed by atoms with Crippen molar-refractivity contribution in [1.82, 2.24) is 4.90 Å². The molecule has 0 spiro atoms. The highest BCUT2D eigenvalue weighted by atomic mass is 16.2. The van der Waals surface area contributed by atoms with Gasteiger partial charge in [-0.25, -0.2) is 0 Å². The second-order valence-corrected chi connectivity index (χ2v) is 2.99. The molecule has 0 atom stereocenters. The molecular formula is C9H17NO. The molecule has 64 valence electrons. The fraction of sp³-hybridized carbons (Fsp3) is 0.778. The van der Waals surface area contributed by atoms with Gasteiger partial charge < -0.3 is 10.0 Å². The highest BCUT2D eigenvalue weighted by molar-refractivity contribution is 4.82. The van der Waals surface area contributed by atoms with E-state index in [1.54, 1.807) is 0 Å². The van der Waals surface area contributed by atoms with Gasteiger partial charge in [0, 0.05) is 6.54 Å². The summed E-state index contributed by atoms with van der Waals surface area (Å²) in [7, 11) is 0. The van der Waals surface area contributed by atoms with E-state index in [1.165, 1.54) is 25.9 Å². The molecular weight excluding hydrogens is 138 g/mol. The van der Waals surface area contributed by atoms with Crippen LogP contribution >= 0.6 is 0 Å². The maximum Gasteiger partial charge on any atom is 0.0612 e. The zero-order chi connectivity index (χ0) is 7.94. The van der Waals surface area contributed by atoms with Crippen LogP contribution < -0.4 is 0 Å². The van der Waals surface area contributed by atoms with Crippen LogP contribution in [0, 0.1) is 0 Å². The maximum absolute atomic E-state index is 8.46. The van der Waals surface area contributed by atoms with Crippen molar-refractivity contribution in [2.24, 2.45) is 0 Å². The lowest BCUT2D eigenvalue weighted by Crippen LogP contribution is -2.19. The number of rotatable bonds is 4. The Kier molecular flexibility index (Phi) is 4.24. The molecule has 0 unspecified atom stereocenters. The summed E-state index contributed by atoms with van der Waals surface area (Å²) in [5.41, 5.74) is 0. The Morgan fingerprint density at radius 3 is 2.55 bits per heavy atom. The average Bonchev–Trinajstić information content (AvgIpc) is 2.50. The Labute approximate surface area is 68.5 Å². The van der Waals surface area contributed by atoms with Gasteiger partial charge in [-0.05, 0) is 32.4 Å². The minimum atomic E-state index is 0.181. The van der Waals surface area contributed by atoms with Crippen molar-refractivity contribution in [1.29, 1.82) is 0 Å². The minimum absolute atomic E-state index is 0.181. The van der Waals surface area contributed by atoms with Gasteiger partial charge in [0.15, 0.2) is 0 Å². The van der Waals surface area contributed by atoms with Gasteiger partial charge in [0.1, 0.15) is 0 Å². The molecule has 0 saturated carbocycles. The summed E-state index contributed by atoms with van der Waals surface area (Å²) in [5.74, 6) is 0. The molecule has 0 aromatic heterocycles. The molecule has 0 aromatic carbocycles. The van der Waals surface area contributed by atoms with Gasteiger partial charge in [0.05, 0.1) is 6.61 Å². The Morgan fingerprint density at radius 1 is 1.18 bits per heavy atom. The van der Waals surface area contributed by atoms with Crippen LogP contribution in [0.25, 0.3) is 0 Å². The lowest BCUT2D eigenvalue weighted by atomic mass is 10.3. The molecule has 2 nitrogen and oxygen atoms in total. The molecule has 0 amide bonds. The van der Waals surface area contributed by atoms with Crippen molar-refractivity contribution < 1.29 is 5.11 Å². The summed E-state index contributed by atoms with van der Waals surface area (Å²) < 4.78 is 0. The van der Waals surface area contributed by atoms with Gasteiger partial charge in [-0.3, -0.25) is 0 Å². The number of aliphatic hydroxyl groups is 1. The quantitative estimate of drug-likeness (QED) is 0.613. The monoisotopic (exact) mass is 155 g/mol. The third-order valence-corrected chi connectivity index (χ3v) is 2.08. The Hall–Kier alpha value is -0.340. The van der Waals surface area contributed by atoms with Gasteiger partial charge >= 0.3 is 0 Å². The van der Waals surface area contributed by atoms with Gasteiger partial charge in [0.25, 0.3) is 0 Å². The zero-order valence-corrected chi connectivity index (χ0v) is 7.00. The number of hydrogen-bond acceptors (Lipinski definition) is 2. The minimum Gasteiger partial charge on any atom is -0.392 e. The first-order valence-electron chi connectivity index (χ1n) is 4.41. The van der Waals surface area contributed by atoms with Crippen molar-refractivity contribution in [3.63, 3.8) is 0 Å². The van der Waals surface area contributed by atoms with Crippen molar-refractivity contribution >= 4 is 0 Å². The smallest absolute Gasteiger partial charge is 0.0612 e. The Morgan fingerprint density at radius 2 is 1.91 bits per heavy atom. The fourth-order valence-electron chi connectivity index (χ4n) is 1.46. The topological polar surface area (TPSA) is 23.5 Å². The maximum atomic E-state index is 8.46. The average molecular weight is 155 g/mol. The summed E-state index contributed by atoms with van der Waals surface area (Å²) in [6, 6.07) is 0. The standard InChI is InChI=1S/C9H17NO/c11-9-5-1-2-6-10-7-3-4-8-10/h1,5,11H,2-4,6-9H2/b5-1+. The van der Waals surface area contributed by atoms with E-state index in [0.717, 1.165) is 13.0 Å². The molecule has 1 aliphatic heterocycles. The van der Waals surface area contributed by atoms with E-state index in [9.17, 15) is 0 Å². The van der Waals surface area contributed by atoms with Gasteiger partial charge in [-0.1, -0.05) is 12.2 Å². The molecule has 1 heterocycles. The van der Waals surface area contributed by atoms with Crippen LogP contribution in [0.15, 0.2) is 12.2 Å². The Balaban J connectivity index is 1.97. The molecule has 1 fully saturated rings. The van der Waals surface area contributed by atoms with E-state index in [1.807, 2.05) is 6.08 Å². The van der Waals surface area contributed by atoms with Crippen molar-refractivity contribution in [3.05, 3.63) is 12.2 Å². The lowest BCUT2D eigenvalue weighted by molar-refractivity contribution is 0.337. The van der Waals surface area contributed by atoms with Crippen LogP contribution in [0.4, 0.5) is 0 Å². The summed E-state index contributed by atoms with van der Waals surface area (Å²) in [5, 5.41) is 8.46.